The van der Waals surface area contributed by atoms with Crippen molar-refractivity contribution in [1.29, 1.82) is 0 Å². The van der Waals surface area contributed by atoms with Crippen LogP contribution in [0.15, 0.2) is 29.2 Å². The number of fused-ring (bicyclic) bond motifs is 1. The maximum absolute atomic E-state index is 9.12. The Kier molecular flexibility index (Phi) is 4.27. The van der Waals surface area contributed by atoms with Gasteiger partial charge in [0.25, 0.3) is 0 Å². The van der Waals surface area contributed by atoms with Gasteiger partial charge in [0.2, 0.25) is 0 Å². The molecule has 1 aliphatic rings. The minimum atomic E-state index is 0.168. The number of hydrogen-bond donors (Lipinski definition) is 2. The van der Waals surface area contributed by atoms with Gasteiger partial charge in [-0.3, -0.25) is 0 Å². The summed E-state index contributed by atoms with van der Waals surface area (Å²) < 4.78 is 0. The van der Waals surface area contributed by atoms with Crippen LogP contribution in [-0.4, -0.2) is 23.5 Å². The average Bonchev–Trinajstić information content (AvgIpc) is 2.52. The molecule has 88 valence electrons. The van der Waals surface area contributed by atoms with E-state index in [1.54, 1.807) is 0 Å². The molecule has 3 heteroatoms. The van der Waals surface area contributed by atoms with E-state index in [4.69, 9.17) is 5.11 Å². The summed E-state index contributed by atoms with van der Waals surface area (Å²) >= 11 is 1.95. The zero-order chi connectivity index (χ0) is 11.4. The molecule has 0 amide bonds. The number of thioether (sulfide) groups is 1. The molecule has 2 atom stereocenters. The van der Waals surface area contributed by atoms with E-state index in [1.165, 1.54) is 22.6 Å². The molecule has 0 saturated heterocycles. The number of aliphatic hydroxyl groups is 1. The second-order valence-electron chi connectivity index (χ2n) is 4.33. The summed E-state index contributed by atoms with van der Waals surface area (Å²) in [5.41, 5.74) is 1.39. The quantitative estimate of drug-likeness (QED) is 0.847. The Morgan fingerprint density at radius 2 is 2.31 bits per heavy atom. The van der Waals surface area contributed by atoms with Crippen molar-refractivity contribution in [2.75, 3.05) is 12.4 Å². The highest BCUT2D eigenvalue weighted by molar-refractivity contribution is 7.99. The van der Waals surface area contributed by atoms with Crippen molar-refractivity contribution in [3.63, 3.8) is 0 Å². The predicted octanol–water partition coefficient (Wildman–Crippen LogP) is 2.58. The molecule has 0 spiro atoms. The molecule has 1 aromatic carbocycles. The third-order valence-electron chi connectivity index (χ3n) is 2.95. The van der Waals surface area contributed by atoms with Crippen molar-refractivity contribution in [2.45, 2.75) is 36.7 Å². The van der Waals surface area contributed by atoms with Crippen molar-refractivity contribution < 1.29 is 5.11 Å². The van der Waals surface area contributed by atoms with E-state index in [0.717, 1.165) is 6.42 Å². The van der Waals surface area contributed by atoms with Crippen LogP contribution in [0.3, 0.4) is 0 Å². The molecule has 0 aliphatic carbocycles. The lowest BCUT2D eigenvalue weighted by Crippen LogP contribution is -2.33. The lowest BCUT2D eigenvalue weighted by atomic mass is 10.0. The maximum Gasteiger partial charge on any atom is 0.0582 e. The smallest absolute Gasteiger partial charge is 0.0582 e. The molecule has 2 rings (SSSR count). The Bertz CT molecular complexity index is 342. The van der Waals surface area contributed by atoms with Gasteiger partial charge in [-0.2, -0.15) is 0 Å². The van der Waals surface area contributed by atoms with Crippen LogP contribution in [0.1, 0.15) is 31.4 Å². The summed E-state index contributed by atoms with van der Waals surface area (Å²) in [5.74, 6) is 1.20. The van der Waals surface area contributed by atoms with Gasteiger partial charge in [0, 0.05) is 17.0 Å². The topological polar surface area (TPSA) is 32.3 Å². The standard InChI is InChI=1S/C13H19NOS/c1-10(9-15)14-12-6-4-8-16-13-7-3-2-5-11(12)13/h2-3,5,7,10,12,14-15H,4,6,8-9H2,1H3. The first kappa shape index (κ1) is 12.0. The molecule has 1 aliphatic heterocycles. The van der Waals surface area contributed by atoms with E-state index < -0.39 is 0 Å². The van der Waals surface area contributed by atoms with Crippen molar-refractivity contribution in [2.24, 2.45) is 0 Å². The van der Waals surface area contributed by atoms with Crippen LogP contribution < -0.4 is 5.32 Å². The van der Waals surface area contributed by atoms with Gasteiger partial charge in [-0.15, -0.1) is 11.8 Å². The first-order chi connectivity index (χ1) is 7.81. The Morgan fingerprint density at radius 1 is 1.50 bits per heavy atom. The number of nitrogens with one attached hydrogen (secondary N) is 1. The van der Waals surface area contributed by atoms with E-state index in [0.29, 0.717) is 6.04 Å². The van der Waals surface area contributed by atoms with Crippen LogP contribution >= 0.6 is 11.8 Å². The Morgan fingerprint density at radius 3 is 3.12 bits per heavy atom. The van der Waals surface area contributed by atoms with Gasteiger partial charge >= 0.3 is 0 Å². The normalized spacial score (nSPS) is 22.2. The molecule has 0 bridgehead atoms. The first-order valence-corrected chi connectivity index (χ1v) is 6.88. The highest BCUT2D eigenvalue weighted by Crippen LogP contribution is 2.34. The summed E-state index contributed by atoms with van der Waals surface area (Å²) in [4.78, 5) is 1.39. The van der Waals surface area contributed by atoms with Gasteiger partial charge < -0.3 is 10.4 Å². The first-order valence-electron chi connectivity index (χ1n) is 5.90. The lowest BCUT2D eigenvalue weighted by Gasteiger charge is -2.22. The van der Waals surface area contributed by atoms with Gasteiger partial charge in [-0.1, -0.05) is 18.2 Å². The summed E-state index contributed by atoms with van der Waals surface area (Å²) in [7, 11) is 0. The number of hydrogen-bond acceptors (Lipinski definition) is 3. The third kappa shape index (κ3) is 2.78. The average molecular weight is 237 g/mol. The number of aliphatic hydroxyl groups excluding tert-OH is 1. The lowest BCUT2D eigenvalue weighted by molar-refractivity contribution is 0.238. The minimum absolute atomic E-state index is 0.168. The molecular weight excluding hydrogens is 218 g/mol. The van der Waals surface area contributed by atoms with Gasteiger partial charge in [0.15, 0.2) is 0 Å². The predicted molar refractivity (Wildman–Crippen MR) is 68.8 cm³/mol. The fourth-order valence-corrected chi connectivity index (χ4v) is 3.18. The summed E-state index contributed by atoms with van der Waals surface area (Å²) in [6, 6.07) is 9.17. The van der Waals surface area contributed by atoms with Crippen molar-refractivity contribution >= 4 is 11.8 Å². The molecule has 2 unspecified atom stereocenters. The zero-order valence-corrected chi connectivity index (χ0v) is 10.5. The van der Waals surface area contributed by atoms with E-state index >= 15 is 0 Å². The van der Waals surface area contributed by atoms with Crippen LogP contribution in [-0.2, 0) is 0 Å². The van der Waals surface area contributed by atoms with Crippen LogP contribution in [0.5, 0.6) is 0 Å². The molecule has 0 fully saturated rings. The summed E-state index contributed by atoms with van der Waals surface area (Å²) in [5, 5.41) is 12.6. The minimum Gasteiger partial charge on any atom is -0.395 e. The molecular formula is C13H19NOS. The zero-order valence-electron chi connectivity index (χ0n) is 9.65. The molecule has 1 aromatic rings. The van der Waals surface area contributed by atoms with E-state index in [2.05, 4.69) is 29.6 Å². The fraction of sp³-hybridized carbons (Fsp3) is 0.538. The van der Waals surface area contributed by atoms with E-state index in [1.807, 2.05) is 18.7 Å². The van der Waals surface area contributed by atoms with Gasteiger partial charge in [0.1, 0.15) is 0 Å². The second kappa shape index (κ2) is 5.71. The molecule has 16 heavy (non-hydrogen) atoms. The van der Waals surface area contributed by atoms with Gasteiger partial charge in [0.05, 0.1) is 6.61 Å². The Hall–Kier alpha value is -0.510. The van der Waals surface area contributed by atoms with Gasteiger partial charge in [-0.05, 0) is 37.1 Å². The highest BCUT2D eigenvalue weighted by Gasteiger charge is 2.19. The second-order valence-corrected chi connectivity index (χ2v) is 5.47. The number of rotatable bonds is 3. The Labute approximate surface area is 101 Å². The molecule has 1 heterocycles. The maximum atomic E-state index is 9.12. The van der Waals surface area contributed by atoms with Crippen LogP contribution in [0, 0.1) is 0 Å². The molecule has 2 N–H and O–H groups in total. The largest absolute Gasteiger partial charge is 0.395 e. The molecule has 2 nitrogen and oxygen atoms in total. The number of benzene rings is 1. The van der Waals surface area contributed by atoms with Crippen LogP contribution in [0.4, 0.5) is 0 Å². The van der Waals surface area contributed by atoms with Crippen LogP contribution in [0.2, 0.25) is 0 Å². The fourth-order valence-electron chi connectivity index (χ4n) is 2.09. The monoisotopic (exact) mass is 237 g/mol. The third-order valence-corrected chi connectivity index (χ3v) is 4.12. The van der Waals surface area contributed by atoms with E-state index in [9.17, 15) is 0 Å². The van der Waals surface area contributed by atoms with E-state index in [-0.39, 0.29) is 12.6 Å². The highest BCUT2D eigenvalue weighted by atomic mass is 32.2. The van der Waals surface area contributed by atoms with Crippen molar-refractivity contribution in [3.05, 3.63) is 29.8 Å². The van der Waals surface area contributed by atoms with Crippen molar-refractivity contribution in [3.8, 4) is 0 Å². The SMILES string of the molecule is CC(CO)NC1CCCSc2ccccc21. The van der Waals surface area contributed by atoms with Crippen molar-refractivity contribution in [1.82, 2.24) is 5.32 Å². The molecule has 0 saturated carbocycles. The summed E-state index contributed by atoms with van der Waals surface area (Å²) in [6.45, 7) is 2.23. The summed E-state index contributed by atoms with van der Waals surface area (Å²) in [6.07, 6.45) is 2.39. The Balaban J connectivity index is 2.19. The molecule has 0 aromatic heterocycles. The molecule has 0 radical (unpaired) electrons. The van der Waals surface area contributed by atoms with Gasteiger partial charge in [-0.25, -0.2) is 0 Å². The van der Waals surface area contributed by atoms with Crippen LogP contribution in [0.25, 0.3) is 0 Å².